The molecule has 1 amide bonds. The summed E-state index contributed by atoms with van der Waals surface area (Å²) in [7, 11) is -3.67. The van der Waals surface area contributed by atoms with Crippen molar-refractivity contribution in [2.24, 2.45) is 5.14 Å². The minimum absolute atomic E-state index is 0.0350. The Morgan fingerprint density at radius 3 is 2.36 bits per heavy atom. The van der Waals surface area contributed by atoms with Crippen molar-refractivity contribution >= 4 is 21.7 Å². The molecule has 0 fully saturated rings. The van der Waals surface area contributed by atoms with Gasteiger partial charge in [0, 0.05) is 12.6 Å². The third-order valence-corrected chi connectivity index (χ3v) is 4.21. The molecule has 4 N–H and O–H groups in total. The first-order valence-electron chi connectivity index (χ1n) is 7.74. The van der Waals surface area contributed by atoms with E-state index in [0.717, 1.165) is 5.56 Å². The maximum absolute atomic E-state index is 11.8. The van der Waals surface area contributed by atoms with Crippen molar-refractivity contribution in [1.29, 1.82) is 0 Å². The van der Waals surface area contributed by atoms with E-state index in [1.165, 1.54) is 24.5 Å². The molecule has 25 heavy (non-hydrogen) atoms. The second-order valence-electron chi connectivity index (χ2n) is 5.78. The quantitative estimate of drug-likeness (QED) is 0.671. The van der Waals surface area contributed by atoms with Crippen molar-refractivity contribution in [3.8, 4) is 0 Å². The Bertz CT molecular complexity index is 818. The van der Waals surface area contributed by atoms with Crippen molar-refractivity contribution < 1.29 is 13.2 Å². The number of hydrogen-bond acceptors (Lipinski definition) is 6. The number of nitrogens with zero attached hydrogens (tertiary/aromatic N) is 2. The minimum Gasteiger partial charge on any atom is -0.368 e. The summed E-state index contributed by atoms with van der Waals surface area (Å²) < 4.78 is 22.4. The highest BCUT2D eigenvalue weighted by molar-refractivity contribution is 7.89. The average molecular weight is 363 g/mol. The number of primary sulfonamides is 1. The number of rotatable bonds is 7. The van der Waals surface area contributed by atoms with Crippen LogP contribution >= 0.6 is 0 Å². The molecular formula is C16H21N5O3S. The van der Waals surface area contributed by atoms with Gasteiger partial charge in [0.05, 0.1) is 17.3 Å². The molecule has 0 saturated heterocycles. The summed E-state index contributed by atoms with van der Waals surface area (Å²) in [5.41, 5.74) is 1.22. The van der Waals surface area contributed by atoms with E-state index in [0.29, 0.717) is 18.8 Å². The van der Waals surface area contributed by atoms with Gasteiger partial charge in [-0.05, 0) is 38.0 Å². The zero-order valence-corrected chi connectivity index (χ0v) is 14.9. The molecule has 8 nitrogen and oxygen atoms in total. The van der Waals surface area contributed by atoms with Gasteiger partial charge in [0.15, 0.2) is 0 Å². The summed E-state index contributed by atoms with van der Waals surface area (Å²) in [6.45, 7) is 4.33. The predicted octanol–water partition coefficient (Wildman–Crippen LogP) is 0.917. The molecular weight excluding hydrogens is 342 g/mol. The number of amides is 1. The number of hydrogen-bond donors (Lipinski definition) is 3. The largest absolute Gasteiger partial charge is 0.368 e. The molecule has 0 spiro atoms. The van der Waals surface area contributed by atoms with Crippen molar-refractivity contribution in [3.63, 3.8) is 0 Å². The Balaban J connectivity index is 1.86. The third-order valence-electron chi connectivity index (χ3n) is 3.28. The zero-order valence-electron chi connectivity index (χ0n) is 14.1. The number of carbonyl (C=O) groups excluding carboxylic acids is 1. The lowest BCUT2D eigenvalue weighted by molar-refractivity contribution is 0.0937. The Morgan fingerprint density at radius 2 is 1.84 bits per heavy atom. The smallest absolute Gasteiger partial charge is 0.271 e. The van der Waals surface area contributed by atoms with E-state index in [-0.39, 0.29) is 22.5 Å². The van der Waals surface area contributed by atoms with E-state index >= 15 is 0 Å². The first-order valence-corrected chi connectivity index (χ1v) is 9.29. The van der Waals surface area contributed by atoms with Crippen LogP contribution in [0.1, 0.15) is 29.9 Å². The lowest BCUT2D eigenvalue weighted by atomic mass is 10.1. The van der Waals surface area contributed by atoms with Crippen LogP contribution < -0.4 is 15.8 Å². The number of sulfonamides is 1. The highest BCUT2D eigenvalue weighted by Gasteiger charge is 2.09. The molecule has 1 aromatic carbocycles. The SMILES string of the molecule is CC(C)NC(=O)c1cnc(NCCc2ccc(S(N)(=O)=O)cc2)cn1. The van der Waals surface area contributed by atoms with Crippen LogP contribution in [0.4, 0.5) is 5.82 Å². The Morgan fingerprint density at radius 1 is 1.16 bits per heavy atom. The van der Waals surface area contributed by atoms with E-state index in [2.05, 4.69) is 20.6 Å². The average Bonchev–Trinajstić information content (AvgIpc) is 2.54. The summed E-state index contributed by atoms with van der Waals surface area (Å²) >= 11 is 0. The van der Waals surface area contributed by atoms with Crippen LogP contribution in [-0.4, -0.2) is 36.9 Å². The fourth-order valence-corrected chi connectivity index (χ4v) is 2.57. The van der Waals surface area contributed by atoms with E-state index in [1.807, 2.05) is 13.8 Å². The third kappa shape index (κ3) is 5.80. The van der Waals surface area contributed by atoms with Crippen LogP contribution in [0.3, 0.4) is 0 Å². The first kappa shape index (κ1) is 18.8. The van der Waals surface area contributed by atoms with Crippen LogP contribution in [0.15, 0.2) is 41.6 Å². The molecule has 1 aromatic heterocycles. The van der Waals surface area contributed by atoms with E-state index < -0.39 is 10.0 Å². The van der Waals surface area contributed by atoms with Gasteiger partial charge >= 0.3 is 0 Å². The number of benzene rings is 1. The van der Waals surface area contributed by atoms with E-state index in [9.17, 15) is 13.2 Å². The fraction of sp³-hybridized carbons (Fsp3) is 0.312. The van der Waals surface area contributed by atoms with Gasteiger partial charge < -0.3 is 10.6 Å². The van der Waals surface area contributed by atoms with Crippen LogP contribution in [-0.2, 0) is 16.4 Å². The van der Waals surface area contributed by atoms with Crippen LogP contribution in [0.25, 0.3) is 0 Å². The molecule has 0 radical (unpaired) electrons. The molecule has 2 aromatic rings. The van der Waals surface area contributed by atoms with Gasteiger partial charge in [-0.2, -0.15) is 0 Å². The number of anilines is 1. The molecule has 134 valence electrons. The first-order chi connectivity index (χ1) is 11.8. The topological polar surface area (TPSA) is 127 Å². The molecule has 1 heterocycles. The Labute approximate surface area is 146 Å². The second kappa shape index (κ2) is 8.04. The Kier molecular flexibility index (Phi) is 6.05. The van der Waals surface area contributed by atoms with Crippen LogP contribution in [0.2, 0.25) is 0 Å². The van der Waals surface area contributed by atoms with Gasteiger partial charge in [-0.25, -0.2) is 23.5 Å². The van der Waals surface area contributed by atoms with Crippen LogP contribution in [0, 0.1) is 0 Å². The van der Waals surface area contributed by atoms with Gasteiger partial charge in [-0.15, -0.1) is 0 Å². The number of nitrogens with two attached hydrogens (primary N) is 1. The van der Waals surface area contributed by atoms with Gasteiger partial charge in [0.25, 0.3) is 5.91 Å². The van der Waals surface area contributed by atoms with Crippen molar-refractivity contribution in [2.75, 3.05) is 11.9 Å². The summed E-state index contributed by atoms with van der Waals surface area (Å²) in [5, 5.41) is 10.9. The van der Waals surface area contributed by atoms with Crippen molar-refractivity contribution in [1.82, 2.24) is 15.3 Å². The monoisotopic (exact) mass is 363 g/mol. The standard InChI is InChI=1S/C16H21N5O3S/c1-11(2)21-16(22)14-9-20-15(10-19-14)18-8-7-12-3-5-13(6-4-12)25(17,23)24/h3-6,9-11H,7-8H2,1-2H3,(H,18,20)(H,21,22)(H2,17,23,24). The number of aromatic nitrogens is 2. The fourth-order valence-electron chi connectivity index (χ4n) is 2.05. The van der Waals surface area contributed by atoms with E-state index in [1.54, 1.807) is 12.1 Å². The zero-order chi connectivity index (χ0) is 18.4. The molecule has 0 aliphatic heterocycles. The van der Waals surface area contributed by atoms with E-state index in [4.69, 9.17) is 5.14 Å². The summed E-state index contributed by atoms with van der Waals surface area (Å²) in [4.78, 5) is 20.1. The number of carbonyl (C=O) groups is 1. The summed E-state index contributed by atoms with van der Waals surface area (Å²) in [6, 6.07) is 6.42. The maximum Gasteiger partial charge on any atom is 0.271 e. The minimum atomic E-state index is -3.67. The van der Waals surface area contributed by atoms with Crippen LogP contribution in [0.5, 0.6) is 0 Å². The van der Waals surface area contributed by atoms with Gasteiger partial charge in [-0.1, -0.05) is 12.1 Å². The van der Waals surface area contributed by atoms with Crippen molar-refractivity contribution in [3.05, 3.63) is 47.9 Å². The Hall–Kier alpha value is -2.52. The molecule has 0 atom stereocenters. The number of nitrogens with one attached hydrogen (secondary N) is 2. The summed E-state index contributed by atoms with van der Waals surface area (Å²) in [5.74, 6) is 0.297. The molecule has 0 aliphatic rings. The van der Waals surface area contributed by atoms with Crippen molar-refractivity contribution in [2.45, 2.75) is 31.2 Å². The molecule has 9 heteroatoms. The van der Waals surface area contributed by atoms with Gasteiger partial charge in [-0.3, -0.25) is 4.79 Å². The predicted molar refractivity (Wildman–Crippen MR) is 94.6 cm³/mol. The van der Waals surface area contributed by atoms with Gasteiger partial charge in [0.1, 0.15) is 11.5 Å². The highest BCUT2D eigenvalue weighted by atomic mass is 32.2. The molecule has 0 bridgehead atoms. The lowest BCUT2D eigenvalue weighted by Crippen LogP contribution is -2.30. The molecule has 0 saturated carbocycles. The molecule has 0 aliphatic carbocycles. The summed E-state index contributed by atoms with van der Waals surface area (Å²) in [6.07, 6.45) is 3.59. The molecule has 2 rings (SSSR count). The second-order valence-corrected chi connectivity index (χ2v) is 7.34. The maximum atomic E-state index is 11.8. The lowest BCUT2D eigenvalue weighted by Gasteiger charge is -2.09. The highest BCUT2D eigenvalue weighted by Crippen LogP contribution is 2.09. The normalized spacial score (nSPS) is 11.4. The van der Waals surface area contributed by atoms with Gasteiger partial charge in [0.2, 0.25) is 10.0 Å². The molecule has 0 unspecified atom stereocenters.